The first-order valence-electron chi connectivity index (χ1n) is 13.6. The average molecular weight is 535 g/mol. The molecule has 0 radical (unpaired) electrons. The van der Waals surface area contributed by atoms with Gasteiger partial charge in [0.15, 0.2) is 11.0 Å². The van der Waals surface area contributed by atoms with Crippen molar-refractivity contribution >= 4 is 40.8 Å². The maximum Gasteiger partial charge on any atom is 0.224 e. The van der Waals surface area contributed by atoms with Crippen LogP contribution in [0.5, 0.6) is 0 Å². The van der Waals surface area contributed by atoms with Crippen molar-refractivity contribution in [2.24, 2.45) is 22.4 Å². The van der Waals surface area contributed by atoms with Crippen molar-refractivity contribution in [2.75, 3.05) is 36.4 Å². The molecule has 5 rings (SSSR count). The number of aliphatic imine (C=N–C) groups is 1. The van der Waals surface area contributed by atoms with Crippen molar-refractivity contribution in [3.05, 3.63) is 42.1 Å². The van der Waals surface area contributed by atoms with Crippen LogP contribution < -0.4 is 21.7 Å². The summed E-state index contributed by atoms with van der Waals surface area (Å²) < 4.78 is 0. The Morgan fingerprint density at radius 1 is 1.08 bits per heavy atom. The van der Waals surface area contributed by atoms with E-state index in [0.717, 1.165) is 55.2 Å². The van der Waals surface area contributed by atoms with Gasteiger partial charge in [0.2, 0.25) is 5.91 Å². The van der Waals surface area contributed by atoms with Gasteiger partial charge in [-0.25, -0.2) is 15.0 Å². The number of nitrogens with two attached hydrogens (primary N) is 2. The molecule has 3 heterocycles. The maximum absolute atomic E-state index is 12.1. The van der Waals surface area contributed by atoms with Crippen LogP contribution in [0, 0.1) is 5.92 Å². The summed E-state index contributed by atoms with van der Waals surface area (Å²) in [5.74, 6) is 2.34. The van der Waals surface area contributed by atoms with Crippen LogP contribution in [0.15, 0.2) is 57.1 Å². The van der Waals surface area contributed by atoms with Gasteiger partial charge < -0.3 is 26.6 Å². The third-order valence-corrected chi connectivity index (χ3v) is 8.13. The van der Waals surface area contributed by atoms with E-state index in [1.54, 1.807) is 13.0 Å². The fourth-order valence-electron chi connectivity index (χ4n) is 5.14. The summed E-state index contributed by atoms with van der Waals surface area (Å²) in [6.45, 7) is 6.15. The number of nitrogens with one attached hydrogen (secondary N) is 1. The minimum atomic E-state index is 0.0827. The van der Waals surface area contributed by atoms with Crippen LogP contribution in [0.1, 0.15) is 51.9 Å². The number of hydrogen-bond donors (Lipinski definition) is 3. The van der Waals surface area contributed by atoms with Crippen LogP contribution in [0.3, 0.4) is 0 Å². The van der Waals surface area contributed by atoms with E-state index in [1.165, 1.54) is 37.7 Å². The lowest BCUT2D eigenvalue weighted by Gasteiger charge is -2.37. The number of rotatable bonds is 9. The van der Waals surface area contributed by atoms with Crippen molar-refractivity contribution < 1.29 is 4.79 Å². The number of carbonyl (C=O) groups excluding carboxylic acids is 1. The van der Waals surface area contributed by atoms with Crippen molar-refractivity contribution in [3.63, 3.8) is 0 Å². The van der Waals surface area contributed by atoms with Gasteiger partial charge in [0.1, 0.15) is 11.7 Å². The predicted octanol–water partition coefficient (Wildman–Crippen LogP) is 4.28. The summed E-state index contributed by atoms with van der Waals surface area (Å²) in [5.41, 5.74) is 13.3. The van der Waals surface area contributed by atoms with Crippen LogP contribution in [0.4, 0.5) is 17.3 Å². The number of aromatic nitrogens is 2. The first kappa shape index (κ1) is 26.5. The Kier molecular flexibility index (Phi) is 8.48. The van der Waals surface area contributed by atoms with E-state index in [0.29, 0.717) is 40.9 Å². The van der Waals surface area contributed by atoms with E-state index in [1.807, 2.05) is 30.3 Å². The molecule has 1 aromatic carbocycles. The molecule has 38 heavy (non-hydrogen) atoms. The predicted molar refractivity (Wildman–Crippen MR) is 154 cm³/mol. The molecule has 2 saturated heterocycles. The summed E-state index contributed by atoms with van der Waals surface area (Å²) in [7, 11) is 0. The van der Waals surface area contributed by atoms with Crippen LogP contribution >= 0.6 is 11.8 Å². The molecule has 0 bridgehead atoms. The third-order valence-electron chi connectivity index (χ3n) is 7.26. The van der Waals surface area contributed by atoms with Crippen molar-refractivity contribution in [2.45, 2.75) is 68.0 Å². The van der Waals surface area contributed by atoms with E-state index < -0.39 is 0 Å². The number of allylic oxidation sites excluding steroid dienone is 1. The zero-order chi connectivity index (χ0) is 26.5. The standard InChI is InChI=1S/C28H38N8OS/c1-19(29)16-24(30)32-25-18-26(36-14-10-22(11-15-36)35-12-2-3-13-35)34-28(33-25)38-23-8-6-21(7-9-23)31-27(37)17-20-4-5-20/h6-9,16,18,20,22H,2-5,10-15,17,29H2,1H3,(H,31,37)(H2,30,32,33,34)/b19-16-. The van der Waals surface area contributed by atoms with Gasteiger partial charge in [-0.05, 0) is 107 Å². The number of nitrogens with zero attached hydrogens (tertiary/aromatic N) is 5. The highest BCUT2D eigenvalue weighted by Crippen LogP contribution is 2.33. The van der Waals surface area contributed by atoms with Gasteiger partial charge in [0, 0.05) is 47.9 Å². The molecule has 1 amide bonds. The topological polar surface area (TPSA) is 126 Å². The number of hydrogen-bond acceptors (Lipinski definition) is 8. The Hall–Kier alpha value is -3.11. The van der Waals surface area contributed by atoms with Gasteiger partial charge in [-0.2, -0.15) is 0 Å². The largest absolute Gasteiger partial charge is 0.402 e. The fourth-order valence-corrected chi connectivity index (χ4v) is 5.90. The quantitative estimate of drug-likeness (QED) is 0.247. The molecule has 1 saturated carbocycles. The molecule has 3 aliphatic rings. The van der Waals surface area contributed by atoms with Gasteiger partial charge in [-0.3, -0.25) is 4.79 Å². The summed E-state index contributed by atoms with van der Waals surface area (Å²) in [4.78, 5) is 32.2. The van der Waals surface area contributed by atoms with Gasteiger partial charge in [0.25, 0.3) is 0 Å². The van der Waals surface area contributed by atoms with E-state index in [2.05, 4.69) is 25.1 Å². The molecule has 1 aromatic heterocycles. The average Bonchev–Trinajstić information content (AvgIpc) is 3.52. The van der Waals surface area contributed by atoms with Gasteiger partial charge >= 0.3 is 0 Å². The number of amidine groups is 1. The van der Waals surface area contributed by atoms with E-state index in [9.17, 15) is 4.79 Å². The van der Waals surface area contributed by atoms with Gasteiger partial charge in [-0.1, -0.05) is 0 Å². The van der Waals surface area contributed by atoms with Crippen molar-refractivity contribution in [1.82, 2.24) is 14.9 Å². The Morgan fingerprint density at radius 2 is 1.79 bits per heavy atom. The number of amides is 1. The van der Waals surface area contributed by atoms with Crippen LogP contribution in [-0.2, 0) is 4.79 Å². The molecule has 3 fully saturated rings. The number of anilines is 2. The second kappa shape index (κ2) is 12.2. The Bertz CT molecular complexity index is 1180. The number of piperidine rings is 1. The summed E-state index contributed by atoms with van der Waals surface area (Å²) >= 11 is 1.47. The Labute approximate surface area is 229 Å². The molecule has 10 heteroatoms. The highest BCUT2D eigenvalue weighted by molar-refractivity contribution is 7.99. The van der Waals surface area contributed by atoms with E-state index in [4.69, 9.17) is 16.5 Å². The number of carbonyl (C=O) groups is 1. The molecular formula is C28H38N8OS. The van der Waals surface area contributed by atoms with Gasteiger partial charge in [0.05, 0.1) is 0 Å². The lowest BCUT2D eigenvalue weighted by atomic mass is 10.0. The molecule has 202 valence electrons. The highest BCUT2D eigenvalue weighted by Gasteiger charge is 2.27. The highest BCUT2D eigenvalue weighted by atomic mass is 32.2. The first-order chi connectivity index (χ1) is 18.4. The second-order valence-electron chi connectivity index (χ2n) is 10.6. The molecular weight excluding hydrogens is 496 g/mol. The molecule has 0 atom stereocenters. The first-order valence-corrected chi connectivity index (χ1v) is 14.5. The smallest absolute Gasteiger partial charge is 0.224 e. The summed E-state index contributed by atoms with van der Waals surface area (Å²) in [6.07, 6.45) is 9.48. The molecule has 2 aliphatic heterocycles. The van der Waals surface area contributed by atoms with Gasteiger partial charge in [-0.15, -0.1) is 0 Å². The minimum absolute atomic E-state index is 0.0827. The third kappa shape index (κ3) is 7.48. The lowest BCUT2D eigenvalue weighted by Crippen LogP contribution is -2.44. The van der Waals surface area contributed by atoms with Crippen molar-refractivity contribution in [1.29, 1.82) is 0 Å². The van der Waals surface area contributed by atoms with Crippen LogP contribution in [-0.4, -0.2) is 58.8 Å². The second-order valence-corrected chi connectivity index (χ2v) is 11.6. The SMILES string of the molecule is C/C(N)=C/C(N)=N/c1cc(N2CCC(N3CCCC3)CC2)nc(Sc2ccc(NC(=O)CC3CC3)cc2)n1. The molecule has 2 aromatic rings. The summed E-state index contributed by atoms with van der Waals surface area (Å²) in [6, 6.07) is 10.4. The van der Waals surface area contributed by atoms with Crippen molar-refractivity contribution in [3.8, 4) is 0 Å². The summed E-state index contributed by atoms with van der Waals surface area (Å²) in [5, 5.41) is 3.60. The fraction of sp³-hybridized carbons (Fsp3) is 0.500. The van der Waals surface area contributed by atoms with Crippen LogP contribution in [0.25, 0.3) is 0 Å². The zero-order valence-electron chi connectivity index (χ0n) is 22.1. The molecule has 0 unspecified atom stereocenters. The number of benzene rings is 1. The molecule has 1 aliphatic carbocycles. The van der Waals surface area contributed by atoms with Crippen LogP contribution in [0.2, 0.25) is 0 Å². The lowest BCUT2D eigenvalue weighted by molar-refractivity contribution is -0.116. The van der Waals surface area contributed by atoms with E-state index >= 15 is 0 Å². The normalized spacial score (nSPS) is 19.7. The molecule has 5 N–H and O–H groups in total. The zero-order valence-corrected chi connectivity index (χ0v) is 22.9. The minimum Gasteiger partial charge on any atom is -0.402 e. The van der Waals surface area contributed by atoms with E-state index in [-0.39, 0.29) is 5.91 Å². The number of likely N-dealkylation sites (tertiary alicyclic amines) is 1. The monoisotopic (exact) mass is 534 g/mol. The molecule has 9 nitrogen and oxygen atoms in total. The molecule has 0 spiro atoms. The Morgan fingerprint density at radius 3 is 2.45 bits per heavy atom. The Balaban J connectivity index is 1.30. The maximum atomic E-state index is 12.1.